The molecule has 2 amide bonds. The predicted molar refractivity (Wildman–Crippen MR) is 95.9 cm³/mol. The third-order valence-corrected chi connectivity index (χ3v) is 4.50. The van der Waals surface area contributed by atoms with E-state index in [1.54, 1.807) is 0 Å². The Kier molecular flexibility index (Phi) is 3.91. The molecule has 1 aromatic heterocycles. The maximum absolute atomic E-state index is 12.0. The largest absolute Gasteiger partial charge is 0.338 e. The summed E-state index contributed by atoms with van der Waals surface area (Å²) in [6.07, 6.45) is 4.57. The minimum atomic E-state index is -0.126. The van der Waals surface area contributed by atoms with Crippen molar-refractivity contribution in [2.45, 2.75) is 31.7 Å². The summed E-state index contributed by atoms with van der Waals surface area (Å²) in [7, 11) is 0. The fraction of sp³-hybridized carbons (Fsp3) is 0.263. The number of nitrogens with zero attached hydrogens (tertiary/aromatic N) is 1. The van der Waals surface area contributed by atoms with Gasteiger partial charge in [0.15, 0.2) is 0 Å². The van der Waals surface area contributed by atoms with E-state index in [4.69, 9.17) is 0 Å². The van der Waals surface area contributed by atoms with E-state index in [0.29, 0.717) is 6.04 Å². The number of nitrogens with one attached hydrogen (secondary N) is 3. The average Bonchev–Trinajstić information content (AvgIpc) is 3.24. The average molecular weight is 320 g/mol. The Balaban J connectivity index is 1.45. The Labute approximate surface area is 140 Å². The Morgan fingerprint density at radius 1 is 1.04 bits per heavy atom. The highest BCUT2D eigenvalue weighted by atomic mass is 16.2. The molecule has 5 heteroatoms. The van der Waals surface area contributed by atoms with Gasteiger partial charge in [0.25, 0.3) is 0 Å². The zero-order valence-corrected chi connectivity index (χ0v) is 13.4. The number of fused-ring (bicyclic) bond motifs is 1. The van der Waals surface area contributed by atoms with Crippen LogP contribution in [0.25, 0.3) is 22.4 Å². The molecule has 0 radical (unpaired) electrons. The van der Waals surface area contributed by atoms with Crippen molar-refractivity contribution in [2.24, 2.45) is 0 Å². The lowest BCUT2D eigenvalue weighted by Gasteiger charge is -2.13. The number of imidazole rings is 1. The van der Waals surface area contributed by atoms with Crippen molar-refractivity contribution < 1.29 is 4.79 Å². The smallest absolute Gasteiger partial charge is 0.319 e. The maximum atomic E-state index is 12.0. The molecule has 0 saturated heterocycles. The highest BCUT2D eigenvalue weighted by Gasteiger charge is 2.16. The van der Waals surface area contributed by atoms with Gasteiger partial charge in [-0.3, -0.25) is 0 Å². The molecule has 4 rings (SSSR count). The maximum Gasteiger partial charge on any atom is 0.319 e. The van der Waals surface area contributed by atoms with Crippen LogP contribution < -0.4 is 10.6 Å². The van der Waals surface area contributed by atoms with Crippen molar-refractivity contribution in [1.29, 1.82) is 0 Å². The van der Waals surface area contributed by atoms with E-state index in [1.165, 1.54) is 12.8 Å². The Morgan fingerprint density at radius 2 is 1.79 bits per heavy atom. The van der Waals surface area contributed by atoms with Crippen LogP contribution in [0.1, 0.15) is 25.7 Å². The molecule has 0 atom stereocenters. The lowest BCUT2D eigenvalue weighted by molar-refractivity contribution is 0.248. The number of rotatable bonds is 3. The minimum Gasteiger partial charge on any atom is -0.338 e. The third kappa shape index (κ3) is 3.11. The van der Waals surface area contributed by atoms with Gasteiger partial charge in [-0.05, 0) is 49.2 Å². The predicted octanol–water partition coefficient (Wildman–Crippen LogP) is 4.29. The molecule has 24 heavy (non-hydrogen) atoms. The van der Waals surface area contributed by atoms with Crippen molar-refractivity contribution in [1.82, 2.24) is 15.3 Å². The first-order valence-corrected chi connectivity index (χ1v) is 8.41. The number of carbonyl (C=O) groups excluding carboxylic acids is 1. The summed E-state index contributed by atoms with van der Waals surface area (Å²) >= 11 is 0. The van der Waals surface area contributed by atoms with Crippen molar-refractivity contribution >= 4 is 22.8 Å². The van der Waals surface area contributed by atoms with Crippen LogP contribution in [0.2, 0.25) is 0 Å². The molecule has 1 aliphatic rings. The van der Waals surface area contributed by atoms with Crippen molar-refractivity contribution in [3.63, 3.8) is 0 Å². The molecule has 122 valence electrons. The number of aromatic nitrogens is 2. The SMILES string of the molecule is O=C(Nc1ccc(-c2nc3ccccc3[nH]2)cc1)NC1CCCC1. The summed E-state index contributed by atoms with van der Waals surface area (Å²) in [6, 6.07) is 15.9. The normalized spacial score (nSPS) is 14.8. The second-order valence-electron chi connectivity index (χ2n) is 6.26. The van der Waals surface area contributed by atoms with Gasteiger partial charge in [-0.15, -0.1) is 0 Å². The van der Waals surface area contributed by atoms with Gasteiger partial charge in [0, 0.05) is 17.3 Å². The first-order valence-electron chi connectivity index (χ1n) is 8.41. The van der Waals surface area contributed by atoms with Crippen LogP contribution in [-0.4, -0.2) is 22.0 Å². The van der Waals surface area contributed by atoms with E-state index in [-0.39, 0.29) is 6.03 Å². The van der Waals surface area contributed by atoms with E-state index in [1.807, 2.05) is 48.5 Å². The van der Waals surface area contributed by atoms with Crippen LogP contribution >= 0.6 is 0 Å². The van der Waals surface area contributed by atoms with Crippen LogP contribution in [-0.2, 0) is 0 Å². The number of urea groups is 1. The van der Waals surface area contributed by atoms with Crippen LogP contribution in [0.5, 0.6) is 0 Å². The molecule has 5 nitrogen and oxygen atoms in total. The van der Waals surface area contributed by atoms with Gasteiger partial charge in [-0.1, -0.05) is 25.0 Å². The monoisotopic (exact) mass is 320 g/mol. The second kappa shape index (κ2) is 6.35. The highest BCUT2D eigenvalue weighted by Crippen LogP contribution is 2.22. The number of hydrogen-bond acceptors (Lipinski definition) is 2. The molecule has 1 heterocycles. The van der Waals surface area contributed by atoms with Gasteiger partial charge in [0.1, 0.15) is 5.82 Å². The van der Waals surface area contributed by atoms with E-state index in [2.05, 4.69) is 20.6 Å². The molecular formula is C19H20N4O. The highest BCUT2D eigenvalue weighted by molar-refractivity contribution is 5.89. The van der Waals surface area contributed by atoms with Crippen molar-refractivity contribution in [2.75, 3.05) is 5.32 Å². The summed E-state index contributed by atoms with van der Waals surface area (Å²) in [6.45, 7) is 0. The van der Waals surface area contributed by atoms with Crippen LogP contribution in [0.3, 0.4) is 0 Å². The molecule has 1 saturated carbocycles. The summed E-state index contributed by atoms with van der Waals surface area (Å²) in [5.74, 6) is 0.832. The molecule has 0 spiro atoms. The number of hydrogen-bond donors (Lipinski definition) is 3. The van der Waals surface area contributed by atoms with Gasteiger partial charge in [-0.2, -0.15) is 0 Å². The standard InChI is InChI=1S/C19H20N4O/c24-19(20-14-5-1-2-6-14)21-15-11-9-13(10-12-15)18-22-16-7-3-4-8-17(16)23-18/h3-4,7-12,14H,1-2,5-6H2,(H,22,23)(H2,20,21,24). The summed E-state index contributed by atoms with van der Waals surface area (Å²) in [5.41, 5.74) is 3.74. The van der Waals surface area contributed by atoms with E-state index in [9.17, 15) is 4.79 Å². The molecule has 0 aliphatic heterocycles. The van der Waals surface area contributed by atoms with E-state index < -0.39 is 0 Å². The van der Waals surface area contributed by atoms with E-state index in [0.717, 1.165) is 41.0 Å². The second-order valence-corrected chi connectivity index (χ2v) is 6.26. The Bertz CT molecular complexity index is 814. The zero-order valence-electron chi connectivity index (χ0n) is 13.4. The number of para-hydroxylation sites is 2. The first kappa shape index (κ1) is 14.8. The zero-order chi connectivity index (χ0) is 16.4. The fourth-order valence-electron chi connectivity index (χ4n) is 3.22. The molecule has 3 aromatic rings. The lowest BCUT2D eigenvalue weighted by atomic mass is 10.2. The first-order chi connectivity index (χ1) is 11.8. The molecular weight excluding hydrogens is 300 g/mol. The molecule has 1 aliphatic carbocycles. The Hall–Kier alpha value is -2.82. The molecule has 3 N–H and O–H groups in total. The molecule has 0 bridgehead atoms. The van der Waals surface area contributed by atoms with Crippen molar-refractivity contribution in [3.05, 3.63) is 48.5 Å². The number of H-pyrrole nitrogens is 1. The number of benzene rings is 2. The van der Waals surface area contributed by atoms with Gasteiger partial charge >= 0.3 is 6.03 Å². The lowest BCUT2D eigenvalue weighted by Crippen LogP contribution is -2.36. The third-order valence-electron chi connectivity index (χ3n) is 4.50. The topological polar surface area (TPSA) is 69.8 Å². The Morgan fingerprint density at radius 3 is 2.54 bits per heavy atom. The van der Waals surface area contributed by atoms with Crippen LogP contribution in [0, 0.1) is 0 Å². The number of carbonyl (C=O) groups is 1. The van der Waals surface area contributed by atoms with Gasteiger partial charge in [0.05, 0.1) is 11.0 Å². The van der Waals surface area contributed by atoms with Crippen LogP contribution in [0.4, 0.5) is 10.5 Å². The number of aromatic amines is 1. The quantitative estimate of drug-likeness (QED) is 0.673. The van der Waals surface area contributed by atoms with Gasteiger partial charge in [-0.25, -0.2) is 9.78 Å². The van der Waals surface area contributed by atoms with Gasteiger partial charge in [0.2, 0.25) is 0 Å². The van der Waals surface area contributed by atoms with E-state index >= 15 is 0 Å². The fourth-order valence-corrected chi connectivity index (χ4v) is 3.22. The number of anilines is 1. The van der Waals surface area contributed by atoms with Crippen molar-refractivity contribution in [3.8, 4) is 11.4 Å². The molecule has 0 unspecified atom stereocenters. The minimum absolute atomic E-state index is 0.126. The molecule has 1 fully saturated rings. The summed E-state index contributed by atoms with van der Waals surface area (Å²) in [5, 5.41) is 5.92. The molecule has 2 aromatic carbocycles. The number of amides is 2. The summed E-state index contributed by atoms with van der Waals surface area (Å²) in [4.78, 5) is 19.9. The van der Waals surface area contributed by atoms with Crippen LogP contribution in [0.15, 0.2) is 48.5 Å². The summed E-state index contributed by atoms with van der Waals surface area (Å²) < 4.78 is 0. The van der Waals surface area contributed by atoms with Gasteiger partial charge < -0.3 is 15.6 Å².